The van der Waals surface area contributed by atoms with Gasteiger partial charge in [0, 0.05) is 18.2 Å². The van der Waals surface area contributed by atoms with Crippen molar-refractivity contribution in [1.29, 1.82) is 5.26 Å². The molecule has 1 aromatic rings. The highest BCUT2D eigenvalue weighted by Crippen LogP contribution is 2.27. The van der Waals surface area contributed by atoms with E-state index < -0.39 is 6.09 Å². The summed E-state index contributed by atoms with van der Waals surface area (Å²) in [6.45, 7) is 0. The number of ether oxygens (including phenoxy) is 1. The zero-order valence-corrected chi connectivity index (χ0v) is 12.5. The van der Waals surface area contributed by atoms with Gasteiger partial charge in [0.2, 0.25) is 5.91 Å². The van der Waals surface area contributed by atoms with Crippen LogP contribution in [0, 0.1) is 17.2 Å². The Hall–Kier alpha value is -2.33. The first-order chi connectivity index (χ1) is 10.5. The second kappa shape index (κ2) is 7.09. The first kappa shape index (κ1) is 16.0. The predicted molar refractivity (Wildman–Crippen MR) is 79.0 cm³/mol. The van der Waals surface area contributed by atoms with Crippen LogP contribution in [0.2, 0.25) is 5.02 Å². The van der Waals surface area contributed by atoms with E-state index in [9.17, 15) is 9.59 Å². The van der Waals surface area contributed by atoms with E-state index in [4.69, 9.17) is 27.3 Å². The van der Waals surface area contributed by atoms with Gasteiger partial charge in [-0.05, 0) is 25.7 Å². The summed E-state index contributed by atoms with van der Waals surface area (Å²) in [4.78, 5) is 27.0. The minimum Gasteiger partial charge on any atom is -0.446 e. The van der Waals surface area contributed by atoms with Crippen LogP contribution in [-0.4, -0.2) is 23.1 Å². The molecule has 0 radical (unpaired) electrons. The lowest BCUT2D eigenvalue weighted by Gasteiger charge is -2.27. The van der Waals surface area contributed by atoms with Gasteiger partial charge in [0.15, 0.2) is 0 Å². The maximum Gasteiger partial charge on any atom is 0.404 e. The standard InChI is InChI=1S/C14H15ClN4O3/c15-11-5-12(18-7-9(11)6-16)19-13(20)8-2-1-3-10(4-8)22-14(17)21/h5,7-8,10H,1-4H2,(H2,17,21)(H,18,19,20)/t8-,10+/m0/s1. The van der Waals surface area contributed by atoms with Gasteiger partial charge >= 0.3 is 6.09 Å². The van der Waals surface area contributed by atoms with Crippen molar-refractivity contribution in [2.45, 2.75) is 31.8 Å². The molecule has 116 valence electrons. The number of hydrogen-bond donors (Lipinski definition) is 2. The van der Waals surface area contributed by atoms with Crippen molar-refractivity contribution in [3.05, 3.63) is 22.8 Å². The number of rotatable bonds is 3. The molecule has 3 N–H and O–H groups in total. The second-order valence-corrected chi connectivity index (χ2v) is 5.48. The Labute approximate surface area is 132 Å². The zero-order chi connectivity index (χ0) is 16.1. The molecule has 1 heterocycles. The van der Waals surface area contributed by atoms with Crippen LogP contribution in [0.5, 0.6) is 0 Å². The third-order valence-electron chi connectivity index (χ3n) is 3.50. The topological polar surface area (TPSA) is 118 Å². The van der Waals surface area contributed by atoms with Crippen molar-refractivity contribution in [3.8, 4) is 6.07 Å². The van der Waals surface area contributed by atoms with E-state index in [2.05, 4.69) is 10.3 Å². The van der Waals surface area contributed by atoms with E-state index in [1.165, 1.54) is 12.3 Å². The van der Waals surface area contributed by atoms with Crippen LogP contribution >= 0.6 is 11.6 Å². The zero-order valence-electron chi connectivity index (χ0n) is 11.7. The summed E-state index contributed by atoms with van der Waals surface area (Å²) in [5.74, 6) is -0.215. The molecule has 1 aromatic heterocycles. The van der Waals surface area contributed by atoms with Crippen molar-refractivity contribution >= 4 is 29.4 Å². The summed E-state index contributed by atoms with van der Waals surface area (Å²) in [5.41, 5.74) is 5.24. The summed E-state index contributed by atoms with van der Waals surface area (Å²) in [6.07, 6.45) is 2.75. The smallest absolute Gasteiger partial charge is 0.404 e. The third kappa shape index (κ3) is 4.09. The Morgan fingerprint density at radius 3 is 2.91 bits per heavy atom. The Balaban J connectivity index is 1.98. The molecule has 1 saturated carbocycles. The van der Waals surface area contributed by atoms with Gasteiger partial charge in [-0.3, -0.25) is 4.79 Å². The number of nitrogens with zero attached hydrogens (tertiary/aromatic N) is 2. The number of nitrogens with one attached hydrogen (secondary N) is 1. The molecule has 22 heavy (non-hydrogen) atoms. The van der Waals surface area contributed by atoms with E-state index in [1.54, 1.807) is 0 Å². The fourth-order valence-electron chi connectivity index (χ4n) is 2.46. The number of halogens is 1. The summed E-state index contributed by atoms with van der Waals surface area (Å²) >= 11 is 5.89. The van der Waals surface area contributed by atoms with Crippen molar-refractivity contribution in [2.75, 3.05) is 5.32 Å². The van der Waals surface area contributed by atoms with Crippen LogP contribution in [0.3, 0.4) is 0 Å². The van der Waals surface area contributed by atoms with Crippen LogP contribution < -0.4 is 11.1 Å². The molecule has 1 aliphatic rings. The molecule has 0 spiro atoms. The number of nitriles is 1. The molecule has 0 bridgehead atoms. The third-order valence-corrected chi connectivity index (χ3v) is 3.82. The van der Waals surface area contributed by atoms with Gasteiger partial charge in [0.1, 0.15) is 18.0 Å². The van der Waals surface area contributed by atoms with Crippen molar-refractivity contribution in [1.82, 2.24) is 4.98 Å². The molecular formula is C14H15ClN4O3. The quantitative estimate of drug-likeness (QED) is 0.884. The molecule has 0 aliphatic heterocycles. The molecule has 2 atom stereocenters. The van der Waals surface area contributed by atoms with Gasteiger partial charge in [-0.1, -0.05) is 11.6 Å². The van der Waals surface area contributed by atoms with Gasteiger partial charge in [-0.25, -0.2) is 9.78 Å². The number of carbonyl (C=O) groups is 2. The maximum absolute atomic E-state index is 12.2. The van der Waals surface area contributed by atoms with Crippen LogP contribution in [0.25, 0.3) is 0 Å². The minimum absolute atomic E-state index is 0.217. The fraction of sp³-hybridized carbons (Fsp3) is 0.429. The van der Waals surface area contributed by atoms with E-state index in [0.29, 0.717) is 19.3 Å². The van der Waals surface area contributed by atoms with Gasteiger partial charge in [0.05, 0.1) is 10.6 Å². The van der Waals surface area contributed by atoms with Crippen LogP contribution in [-0.2, 0) is 9.53 Å². The number of pyridine rings is 1. The fourth-order valence-corrected chi connectivity index (χ4v) is 2.66. The van der Waals surface area contributed by atoms with E-state index in [1.807, 2.05) is 6.07 Å². The summed E-state index contributed by atoms with van der Waals surface area (Å²) in [7, 11) is 0. The molecule has 0 unspecified atom stereocenters. The molecule has 0 saturated heterocycles. The molecule has 0 aromatic carbocycles. The van der Waals surface area contributed by atoms with E-state index in [-0.39, 0.29) is 34.3 Å². The molecule has 7 nitrogen and oxygen atoms in total. The highest BCUT2D eigenvalue weighted by atomic mass is 35.5. The SMILES string of the molecule is N#Cc1cnc(NC(=O)[C@H]2CCC[C@@H](OC(N)=O)C2)cc1Cl. The first-order valence-electron chi connectivity index (χ1n) is 6.82. The average molecular weight is 323 g/mol. The first-order valence-corrected chi connectivity index (χ1v) is 7.20. The van der Waals surface area contributed by atoms with Gasteiger partial charge in [0.25, 0.3) is 0 Å². The number of aromatic nitrogens is 1. The van der Waals surface area contributed by atoms with Gasteiger partial charge in [-0.15, -0.1) is 0 Å². The summed E-state index contributed by atoms with van der Waals surface area (Å²) < 4.78 is 4.96. The second-order valence-electron chi connectivity index (χ2n) is 5.07. The lowest BCUT2D eigenvalue weighted by molar-refractivity contribution is -0.122. The van der Waals surface area contributed by atoms with Crippen molar-refractivity contribution < 1.29 is 14.3 Å². The Morgan fingerprint density at radius 1 is 1.50 bits per heavy atom. The van der Waals surface area contributed by atoms with Crippen LogP contribution in [0.15, 0.2) is 12.3 Å². The van der Waals surface area contributed by atoms with Crippen LogP contribution in [0.1, 0.15) is 31.2 Å². The normalized spacial score (nSPS) is 20.7. The summed E-state index contributed by atoms with van der Waals surface area (Å²) in [6, 6.07) is 3.32. The monoisotopic (exact) mass is 322 g/mol. The number of amides is 2. The molecular weight excluding hydrogens is 308 g/mol. The Kier molecular flexibility index (Phi) is 5.17. The number of hydrogen-bond acceptors (Lipinski definition) is 5. The number of primary amides is 1. The Morgan fingerprint density at radius 2 is 2.27 bits per heavy atom. The van der Waals surface area contributed by atoms with E-state index >= 15 is 0 Å². The molecule has 2 amide bonds. The molecule has 1 aliphatic carbocycles. The van der Waals surface area contributed by atoms with Crippen LogP contribution in [0.4, 0.5) is 10.6 Å². The molecule has 1 fully saturated rings. The highest BCUT2D eigenvalue weighted by molar-refractivity contribution is 6.32. The maximum atomic E-state index is 12.2. The number of carbonyl (C=O) groups excluding carboxylic acids is 2. The van der Waals surface area contributed by atoms with Crippen molar-refractivity contribution in [2.24, 2.45) is 11.7 Å². The number of anilines is 1. The predicted octanol–water partition coefficient (Wildman–Crippen LogP) is 2.20. The lowest BCUT2D eigenvalue weighted by Crippen LogP contribution is -2.33. The lowest BCUT2D eigenvalue weighted by atomic mass is 9.86. The Bertz CT molecular complexity index is 629. The highest BCUT2D eigenvalue weighted by Gasteiger charge is 2.29. The van der Waals surface area contributed by atoms with E-state index in [0.717, 1.165) is 6.42 Å². The minimum atomic E-state index is -0.827. The van der Waals surface area contributed by atoms with Gasteiger partial charge < -0.3 is 15.8 Å². The van der Waals surface area contributed by atoms with Gasteiger partial charge in [-0.2, -0.15) is 5.26 Å². The average Bonchev–Trinajstić information content (AvgIpc) is 2.47. The molecule has 2 rings (SSSR count). The number of nitrogens with two attached hydrogens (primary N) is 1. The summed E-state index contributed by atoms with van der Waals surface area (Å²) in [5, 5.41) is 11.7. The van der Waals surface area contributed by atoms with Crippen molar-refractivity contribution in [3.63, 3.8) is 0 Å². The largest absolute Gasteiger partial charge is 0.446 e. The molecule has 8 heteroatoms.